The minimum Gasteiger partial charge on any atom is -0.481 e. The molecule has 0 radical (unpaired) electrons. The number of nitrogens with zero attached hydrogens (tertiary/aromatic N) is 2. The van der Waals surface area contributed by atoms with Gasteiger partial charge in [0.05, 0.1) is 5.92 Å². The molecule has 2 amide bonds. The molecule has 1 fully saturated rings. The van der Waals surface area contributed by atoms with Gasteiger partial charge in [0.25, 0.3) is 0 Å². The molecule has 7 nitrogen and oxygen atoms in total. The van der Waals surface area contributed by atoms with E-state index >= 15 is 0 Å². The fraction of sp³-hybridized carbons (Fsp3) is 0.615. The maximum atomic E-state index is 11.7. The molecule has 3 N–H and O–H groups in total. The minimum absolute atomic E-state index is 0.0344. The van der Waals surface area contributed by atoms with Crippen LogP contribution in [0.3, 0.4) is 0 Å². The summed E-state index contributed by atoms with van der Waals surface area (Å²) in [6.07, 6.45) is 4.32. The topological polar surface area (TPSA) is 96.3 Å². The smallest absolute Gasteiger partial charge is 0.315 e. The molecular weight excluding hydrogens is 260 g/mol. The zero-order valence-corrected chi connectivity index (χ0v) is 11.5. The monoisotopic (exact) mass is 280 g/mol. The van der Waals surface area contributed by atoms with E-state index in [9.17, 15) is 9.59 Å². The van der Waals surface area contributed by atoms with Crippen LogP contribution in [0.5, 0.6) is 0 Å². The van der Waals surface area contributed by atoms with E-state index in [1.165, 1.54) is 0 Å². The van der Waals surface area contributed by atoms with Crippen molar-refractivity contribution in [1.29, 1.82) is 0 Å². The summed E-state index contributed by atoms with van der Waals surface area (Å²) in [4.78, 5) is 22.5. The van der Waals surface area contributed by atoms with Crippen LogP contribution in [0.1, 0.15) is 25.0 Å². The molecule has 1 aromatic heterocycles. The van der Waals surface area contributed by atoms with Gasteiger partial charge in [-0.1, -0.05) is 0 Å². The number of amides is 2. The Kier molecular flexibility index (Phi) is 4.60. The van der Waals surface area contributed by atoms with E-state index in [2.05, 4.69) is 15.7 Å². The van der Waals surface area contributed by atoms with E-state index in [0.29, 0.717) is 25.8 Å². The highest BCUT2D eigenvalue weighted by molar-refractivity contribution is 5.75. The van der Waals surface area contributed by atoms with Crippen molar-refractivity contribution in [3.63, 3.8) is 0 Å². The van der Waals surface area contributed by atoms with Crippen LogP contribution in [0.15, 0.2) is 12.3 Å². The number of carboxylic acids is 1. The SMILES string of the molecule is Cn1nccc1CCNC(=O)NC1CCC(C(=O)O)C1. The lowest BCUT2D eigenvalue weighted by molar-refractivity contribution is -0.141. The number of nitrogens with one attached hydrogen (secondary N) is 2. The molecule has 0 aromatic carbocycles. The number of carboxylic acid groups (broad SMARTS) is 1. The first kappa shape index (κ1) is 14.4. The maximum absolute atomic E-state index is 11.7. The Morgan fingerprint density at radius 3 is 2.90 bits per heavy atom. The Morgan fingerprint density at radius 2 is 2.30 bits per heavy atom. The Morgan fingerprint density at radius 1 is 1.50 bits per heavy atom. The van der Waals surface area contributed by atoms with Gasteiger partial charge in [-0.05, 0) is 25.3 Å². The largest absolute Gasteiger partial charge is 0.481 e. The Labute approximate surface area is 117 Å². The summed E-state index contributed by atoms with van der Waals surface area (Å²) in [6, 6.07) is 1.64. The number of aliphatic carboxylic acids is 1. The van der Waals surface area contributed by atoms with E-state index in [0.717, 1.165) is 12.1 Å². The second kappa shape index (κ2) is 6.40. The highest BCUT2D eigenvalue weighted by Crippen LogP contribution is 2.25. The van der Waals surface area contributed by atoms with Crippen LogP contribution in [0, 0.1) is 5.92 Å². The summed E-state index contributed by atoms with van der Waals surface area (Å²) in [5, 5.41) is 18.6. The molecule has 0 bridgehead atoms. The highest BCUT2D eigenvalue weighted by atomic mass is 16.4. The van der Waals surface area contributed by atoms with Gasteiger partial charge >= 0.3 is 12.0 Å². The van der Waals surface area contributed by atoms with E-state index in [1.807, 2.05) is 13.1 Å². The van der Waals surface area contributed by atoms with Gasteiger partial charge < -0.3 is 15.7 Å². The van der Waals surface area contributed by atoms with Gasteiger partial charge in [-0.3, -0.25) is 9.48 Å². The molecular formula is C13H20N4O3. The van der Waals surface area contributed by atoms with Crippen LogP contribution in [0.25, 0.3) is 0 Å². The van der Waals surface area contributed by atoms with Crippen molar-refractivity contribution in [2.75, 3.05) is 6.54 Å². The van der Waals surface area contributed by atoms with Crippen molar-refractivity contribution in [3.05, 3.63) is 18.0 Å². The molecule has 110 valence electrons. The molecule has 1 saturated carbocycles. The van der Waals surface area contributed by atoms with E-state index in [1.54, 1.807) is 10.9 Å². The van der Waals surface area contributed by atoms with Crippen molar-refractivity contribution < 1.29 is 14.7 Å². The van der Waals surface area contributed by atoms with Gasteiger partial charge in [0.15, 0.2) is 0 Å². The van der Waals surface area contributed by atoms with Crippen molar-refractivity contribution >= 4 is 12.0 Å². The fourth-order valence-electron chi connectivity index (χ4n) is 2.52. The Bertz CT molecular complexity index is 486. The first-order valence-corrected chi connectivity index (χ1v) is 6.80. The maximum Gasteiger partial charge on any atom is 0.315 e. The number of hydrogen-bond donors (Lipinski definition) is 3. The van der Waals surface area contributed by atoms with Gasteiger partial charge in [0.1, 0.15) is 0 Å². The normalized spacial score (nSPS) is 21.6. The van der Waals surface area contributed by atoms with Gasteiger partial charge in [0, 0.05) is 37.9 Å². The summed E-state index contributed by atoms with van der Waals surface area (Å²) >= 11 is 0. The zero-order chi connectivity index (χ0) is 14.5. The Hall–Kier alpha value is -2.05. The van der Waals surface area contributed by atoms with Crippen LogP contribution in [-0.2, 0) is 18.3 Å². The summed E-state index contributed by atoms with van der Waals surface area (Å²) in [5.41, 5.74) is 1.05. The molecule has 1 aliphatic carbocycles. The number of rotatable bonds is 5. The third-order valence-electron chi connectivity index (χ3n) is 3.71. The first-order valence-electron chi connectivity index (χ1n) is 6.80. The van der Waals surface area contributed by atoms with E-state index in [-0.39, 0.29) is 18.0 Å². The van der Waals surface area contributed by atoms with Gasteiger partial charge in [-0.15, -0.1) is 0 Å². The van der Waals surface area contributed by atoms with Gasteiger partial charge in [0.2, 0.25) is 0 Å². The van der Waals surface area contributed by atoms with E-state index < -0.39 is 5.97 Å². The van der Waals surface area contributed by atoms with Crippen LogP contribution < -0.4 is 10.6 Å². The standard InChI is InChI=1S/C13H20N4O3/c1-17-11(5-7-15-17)4-6-14-13(20)16-10-3-2-9(8-10)12(18)19/h5,7,9-10H,2-4,6,8H2,1H3,(H,18,19)(H2,14,16,20). The van der Waals surface area contributed by atoms with Crippen molar-refractivity contribution in [2.24, 2.45) is 13.0 Å². The van der Waals surface area contributed by atoms with E-state index in [4.69, 9.17) is 5.11 Å². The lowest BCUT2D eigenvalue weighted by Gasteiger charge is -2.13. The first-order chi connectivity index (χ1) is 9.56. The molecule has 20 heavy (non-hydrogen) atoms. The number of aryl methyl sites for hydroxylation is 1. The number of aromatic nitrogens is 2. The van der Waals surface area contributed by atoms with Gasteiger partial charge in [-0.2, -0.15) is 5.10 Å². The van der Waals surface area contributed by atoms with Crippen LogP contribution in [0.2, 0.25) is 0 Å². The number of carbonyl (C=O) groups excluding carboxylic acids is 1. The lowest BCUT2D eigenvalue weighted by atomic mass is 10.1. The number of urea groups is 1. The highest BCUT2D eigenvalue weighted by Gasteiger charge is 2.30. The fourth-order valence-corrected chi connectivity index (χ4v) is 2.52. The molecule has 0 spiro atoms. The van der Waals surface area contributed by atoms with Crippen molar-refractivity contribution in [1.82, 2.24) is 20.4 Å². The Balaban J connectivity index is 1.66. The zero-order valence-electron chi connectivity index (χ0n) is 11.5. The summed E-state index contributed by atoms with van der Waals surface area (Å²) in [6.45, 7) is 0.528. The molecule has 1 aliphatic rings. The average Bonchev–Trinajstić information content (AvgIpc) is 2.99. The van der Waals surface area contributed by atoms with Crippen LogP contribution in [-0.4, -0.2) is 39.5 Å². The van der Waals surface area contributed by atoms with Crippen LogP contribution >= 0.6 is 0 Å². The molecule has 2 unspecified atom stereocenters. The minimum atomic E-state index is -0.772. The second-order valence-electron chi connectivity index (χ2n) is 5.14. The predicted octanol–water partition coefficient (Wildman–Crippen LogP) is 0.515. The molecule has 2 atom stereocenters. The molecule has 1 heterocycles. The molecule has 0 aliphatic heterocycles. The van der Waals surface area contributed by atoms with Gasteiger partial charge in [-0.25, -0.2) is 4.79 Å². The molecule has 0 saturated heterocycles. The van der Waals surface area contributed by atoms with Crippen molar-refractivity contribution in [3.8, 4) is 0 Å². The quantitative estimate of drug-likeness (QED) is 0.732. The molecule has 1 aromatic rings. The average molecular weight is 280 g/mol. The third kappa shape index (κ3) is 3.72. The summed E-state index contributed by atoms with van der Waals surface area (Å²) in [5.74, 6) is -1.10. The number of hydrogen-bond acceptors (Lipinski definition) is 3. The summed E-state index contributed by atoms with van der Waals surface area (Å²) in [7, 11) is 1.86. The van der Waals surface area contributed by atoms with Crippen LogP contribution in [0.4, 0.5) is 4.79 Å². The number of carbonyl (C=O) groups is 2. The molecule has 7 heteroatoms. The predicted molar refractivity (Wildman–Crippen MR) is 72.2 cm³/mol. The second-order valence-corrected chi connectivity index (χ2v) is 5.14. The van der Waals surface area contributed by atoms with Crippen molar-refractivity contribution in [2.45, 2.75) is 31.7 Å². The third-order valence-corrected chi connectivity index (χ3v) is 3.71. The molecule has 2 rings (SSSR count). The lowest BCUT2D eigenvalue weighted by Crippen LogP contribution is -2.42. The summed E-state index contributed by atoms with van der Waals surface area (Å²) < 4.78 is 1.77.